The zero-order valence-electron chi connectivity index (χ0n) is 12.1. The molecule has 4 nitrogen and oxygen atoms in total. The molecular formula is C14H20FNO3S. The van der Waals surface area contributed by atoms with Crippen molar-refractivity contribution in [1.29, 1.82) is 0 Å². The summed E-state index contributed by atoms with van der Waals surface area (Å²) in [5, 5.41) is 9.06. The highest BCUT2D eigenvalue weighted by Crippen LogP contribution is 2.30. The average molecular weight is 301 g/mol. The van der Waals surface area contributed by atoms with Crippen molar-refractivity contribution in [2.24, 2.45) is 0 Å². The lowest BCUT2D eigenvalue weighted by Gasteiger charge is -2.34. The lowest BCUT2D eigenvalue weighted by atomic mass is 9.89. The van der Waals surface area contributed by atoms with Crippen LogP contribution in [0.5, 0.6) is 0 Å². The first kappa shape index (κ1) is 16.9. The van der Waals surface area contributed by atoms with Crippen LogP contribution in [0.1, 0.15) is 39.7 Å². The zero-order chi connectivity index (χ0) is 15.6. The van der Waals surface area contributed by atoms with Crippen LogP contribution in [0.2, 0.25) is 0 Å². The van der Waals surface area contributed by atoms with Crippen molar-refractivity contribution in [3.05, 3.63) is 35.6 Å². The number of carboxylic acids is 1. The first-order chi connectivity index (χ1) is 9.06. The number of benzene rings is 1. The third-order valence-corrected chi connectivity index (χ3v) is 4.60. The molecule has 0 aliphatic rings. The van der Waals surface area contributed by atoms with Gasteiger partial charge in [-0.05, 0) is 33.8 Å². The predicted octanol–water partition coefficient (Wildman–Crippen LogP) is 2.57. The molecule has 0 saturated heterocycles. The Morgan fingerprint density at radius 3 is 2.35 bits per heavy atom. The summed E-state index contributed by atoms with van der Waals surface area (Å²) in [6.45, 7) is 6.83. The second-order valence-electron chi connectivity index (χ2n) is 5.87. The lowest BCUT2D eigenvalue weighted by molar-refractivity contribution is -0.138. The predicted molar refractivity (Wildman–Crippen MR) is 77.0 cm³/mol. The van der Waals surface area contributed by atoms with E-state index >= 15 is 0 Å². The van der Waals surface area contributed by atoms with Crippen molar-refractivity contribution in [2.45, 2.75) is 44.4 Å². The fraction of sp³-hybridized carbons (Fsp3) is 0.500. The summed E-state index contributed by atoms with van der Waals surface area (Å²) in [4.78, 5) is 11.1. The van der Waals surface area contributed by atoms with E-state index in [1.54, 1.807) is 33.8 Å². The normalized spacial score (nSPS) is 16.5. The van der Waals surface area contributed by atoms with Crippen LogP contribution in [0.4, 0.5) is 4.39 Å². The van der Waals surface area contributed by atoms with Gasteiger partial charge < -0.3 is 9.66 Å². The van der Waals surface area contributed by atoms with Crippen LogP contribution in [0.25, 0.3) is 0 Å². The molecule has 0 aliphatic carbocycles. The minimum atomic E-state index is -1.51. The van der Waals surface area contributed by atoms with E-state index in [0.717, 1.165) is 0 Å². The van der Waals surface area contributed by atoms with Gasteiger partial charge in [0.05, 0.1) is 12.0 Å². The molecule has 2 N–H and O–H groups in total. The molecule has 1 unspecified atom stereocenters. The molecule has 0 saturated carbocycles. The van der Waals surface area contributed by atoms with Crippen LogP contribution in [0, 0.1) is 5.82 Å². The minimum Gasteiger partial charge on any atom is -0.598 e. The summed E-state index contributed by atoms with van der Waals surface area (Å²) in [6, 6.07) is 5.92. The van der Waals surface area contributed by atoms with Gasteiger partial charge in [0.25, 0.3) is 0 Å². The molecular weight excluding hydrogens is 281 g/mol. The Kier molecular flexibility index (Phi) is 5.18. The van der Waals surface area contributed by atoms with E-state index in [4.69, 9.17) is 5.11 Å². The Balaban J connectivity index is 3.17. The molecule has 0 bridgehead atoms. The van der Waals surface area contributed by atoms with Crippen molar-refractivity contribution in [2.75, 3.05) is 0 Å². The van der Waals surface area contributed by atoms with Crippen molar-refractivity contribution in [1.82, 2.24) is 4.72 Å². The second-order valence-corrected chi connectivity index (χ2v) is 7.83. The molecule has 0 amide bonds. The quantitative estimate of drug-likeness (QED) is 0.820. The van der Waals surface area contributed by atoms with Crippen LogP contribution in [0.3, 0.4) is 0 Å². The number of aliphatic carboxylic acids is 1. The summed E-state index contributed by atoms with van der Waals surface area (Å²) >= 11 is -1.51. The van der Waals surface area contributed by atoms with Crippen LogP contribution >= 0.6 is 0 Å². The number of nitrogens with one attached hydrogen (secondary N) is 1. The van der Waals surface area contributed by atoms with Crippen molar-refractivity contribution < 1.29 is 18.8 Å². The summed E-state index contributed by atoms with van der Waals surface area (Å²) < 4.78 is 28.4. The monoisotopic (exact) mass is 301 g/mol. The van der Waals surface area contributed by atoms with Gasteiger partial charge in [-0.2, -0.15) is 0 Å². The Labute approximate surface area is 121 Å². The molecule has 1 aromatic rings. The molecule has 0 heterocycles. The Morgan fingerprint density at radius 1 is 1.35 bits per heavy atom. The molecule has 0 aliphatic heterocycles. The first-order valence-electron chi connectivity index (χ1n) is 6.23. The standard InChI is InChI=1S/C14H20FNO3S/c1-13(2,3)20(19)16-14(4,9-12(17)18)10-7-5-6-8-11(10)15/h5-8,16H,9H2,1-4H3,(H,17,18)/t14-,20?/m0/s1. The maximum absolute atomic E-state index is 14.0. The Hall–Kier alpha value is -1.11. The first-order valence-corrected chi connectivity index (χ1v) is 7.38. The second kappa shape index (κ2) is 6.11. The molecule has 0 fully saturated rings. The van der Waals surface area contributed by atoms with Gasteiger partial charge in [0, 0.05) is 16.9 Å². The lowest BCUT2D eigenvalue weighted by Crippen LogP contribution is -2.51. The van der Waals surface area contributed by atoms with E-state index in [0.29, 0.717) is 0 Å². The molecule has 1 rings (SSSR count). The van der Waals surface area contributed by atoms with Crippen LogP contribution in [-0.4, -0.2) is 20.4 Å². The van der Waals surface area contributed by atoms with Crippen molar-refractivity contribution in [3.63, 3.8) is 0 Å². The summed E-state index contributed by atoms with van der Waals surface area (Å²) in [6.07, 6.45) is -0.365. The fourth-order valence-corrected chi connectivity index (χ4v) is 2.65. The molecule has 2 atom stereocenters. The Bertz CT molecular complexity index is 490. The topological polar surface area (TPSA) is 72.4 Å². The van der Waals surface area contributed by atoms with Crippen LogP contribution < -0.4 is 4.72 Å². The molecule has 0 spiro atoms. The van der Waals surface area contributed by atoms with Gasteiger partial charge in [0.1, 0.15) is 10.6 Å². The van der Waals surface area contributed by atoms with Gasteiger partial charge in [-0.1, -0.05) is 18.2 Å². The van der Waals surface area contributed by atoms with E-state index in [2.05, 4.69) is 4.72 Å². The van der Waals surface area contributed by atoms with E-state index in [1.165, 1.54) is 18.2 Å². The third-order valence-electron chi connectivity index (χ3n) is 2.85. The molecule has 1 aromatic carbocycles. The van der Waals surface area contributed by atoms with E-state index in [9.17, 15) is 13.7 Å². The number of carboxylic acid groups (broad SMARTS) is 1. The molecule has 20 heavy (non-hydrogen) atoms. The summed E-state index contributed by atoms with van der Waals surface area (Å²) in [5.41, 5.74) is -1.05. The van der Waals surface area contributed by atoms with Crippen molar-refractivity contribution >= 4 is 17.3 Å². The molecule has 112 valence electrons. The van der Waals surface area contributed by atoms with Gasteiger partial charge in [0.15, 0.2) is 0 Å². The summed E-state index contributed by atoms with van der Waals surface area (Å²) in [7, 11) is 0. The van der Waals surface area contributed by atoms with E-state index in [1.807, 2.05) is 0 Å². The van der Waals surface area contributed by atoms with Gasteiger partial charge in [0.2, 0.25) is 0 Å². The third kappa shape index (κ3) is 4.19. The minimum absolute atomic E-state index is 0.194. The maximum atomic E-state index is 14.0. The summed E-state index contributed by atoms with van der Waals surface area (Å²) in [5.74, 6) is -1.61. The van der Waals surface area contributed by atoms with Gasteiger partial charge in [-0.3, -0.25) is 4.79 Å². The van der Waals surface area contributed by atoms with Gasteiger partial charge in [-0.15, -0.1) is 4.72 Å². The van der Waals surface area contributed by atoms with E-state index in [-0.39, 0.29) is 12.0 Å². The van der Waals surface area contributed by atoms with Crippen LogP contribution in [-0.2, 0) is 21.7 Å². The average Bonchev–Trinajstić information content (AvgIpc) is 2.26. The molecule has 0 radical (unpaired) electrons. The van der Waals surface area contributed by atoms with Gasteiger partial charge >= 0.3 is 5.97 Å². The van der Waals surface area contributed by atoms with Gasteiger partial charge in [-0.25, -0.2) is 4.39 Å². The zero-order valence-corrected chi connectivity index (χ0v) is 12.9. The highest BCUT2D eigenvalue weighted by atomic mass is 32.2. The van der Waals surface area contributed by atoms with Crippen LogP contribution in [0.15, 0.2) is 24.3 Å². The number of hydrogen-bond acceptors (Lipinski definition) is 3. The van der Waals surface area contributed by atoms with E-state index < -0.39 is 33.4 Å². The van der Waals surface area contributed by atoms with Crippen molar-refractivity contribution in [3.8, 4) is 0 Å². The number of hydrogen-bond donors (Lipinski definition) is 2. The number of carbonyl (C=O) groups is 1. The SMILES string of the molecule is CC(C)(C)[S+]([O-])N[C@@](C)(CC(=O)O)c1ccccc1F. The smallest absolute Gasteiger partial charge is 0.305 e. The Morgan fingerprint density at radius 2 is 1.90 bits per heavy atom. The largest absolute Gasteiger partial charge is 0.598 e. The number of halogens is 1. The number of rotatable bonds is 5. The molecule has 6 heteroatoms. The fourth-order valence-electron chi connectivity index (χ4n) is 1.76. The highest BCUT2D eigenvalue weighted by molar-refractivity contribution is 7.90. The highest BCUT2D eigenvalue weighted by Gasteiger charge is 2.40. The molecule has 0 aromatic heterocycles. The maximum Gasteiger partial charge on any atom is 0.305 e.